The first-order chi connectivity index (χ1) is 7.95. The molecule has 5 nitrogen and oxygen atoms in total. The number of nitrogens with zero attached hydrogens (tertiary/aromatic N) is 4. The lowest BCUT2D eigenvalue weighted by molar-refractivity contribution is 1.04. The molecule has 3 rings (SSSR count). The Kier molecular flexibility index (Phi) is 2.00. The molecule has 0 aliphatic heterocycles. The highest BCUT2D eigenvalue weighted by Crippen LogP contribution is 2.21. The molecule has 16 heavy (non-hydrogen) atoms. The van der Waals surface area contributed by atoms with Crippen LogP contribution in [-0.4, -0.2) is 24.5 Å². The van der Waals surface area contributed by atoms with Gasteiger partial charge in [0.15, 0.2) is 0 Å². The van der Waals surface area contributed by atoms with Gasteiger partial charge in [0.2, 0.25) is 0 Å². The Hall–Kier alpha value is -2.43. The van der Waals surface area contributed by atoms with E-state index in [2.05, 4.69) is 19.9 Å². The summed E-state index contributed by atoms with van der Waals surface area (Å²) in [6.45, 7) is 0. The Morgan fingerprint density at radius 2 is 2.19 bits per heavy atom. The van der Waals surface area contributed by atoms with E-state index in [1.54, 1.807) is 31.2 Å². The van der Waals surface area contributed by atoms with Gasteiger partial charge in [-0.2, -0.15) is 0 Å². The average Bonchev–Trinajstić information content (AvgIpc) is 3.03. The molecule has 3 aromatic heterocycles. The van der Waals surface area contributed by atoms with Gasteiger partial charge in [-0.15, -0.1) is 0 Å². The number of nitrogens with one attached hydrogen (secondary N) is 1. The quantitative estimate of drug-likeness (QED) is 0.701. The maximum atomic E-state index is 4.36. The van der Waals surface area contributed by atoms with Crippen LogP contribution in [0.25, 0.3) is 17.1 Å². The Bertz CT molecular complexity index is 515. The molecule has 78 valence electrons. The molecule has 0 aliphatic carbocycles. The minimum Gasteiger partial charge on any atom is -0.343 e. The number of imidazole rings is 2. The summed E-state index contributed by atoms with van der Waals surface area (Å²) in [7, 11) is 0. The van der Waals surface area contributed by atoms with E-state index >= 15 is 0 Å². The summed E-state index contributed by atoms with van der Waals surface area (Å²) in [6.07, 6.45) is 10.5. The van der Waals surface area contributed by atoms with Gasteiger partial charge in [-0.3, -0.25) is 4.98 Å². The second kappa shape index (κ2) is 3.62. The summed E-state index contributed by atoms with van der Waals surface area (Å²) < 4.78 is 1.92. The maximum absolute atomic E-state index is 4.36. The number of rotatable bonds is 2. The van der Waals surface area contributed by atoms with E-state index in [4.69, 9.17) is 0 Å². The average molecular weight is 211 g/mol. The molecule has 1 N–H and O–H groups in total. The van der Waals surface area contributed by atoms with E-state index in [0.29, 0.717) is 0 Å². The molecule has 0 aliphatic rings. The summed E-state index contributed by atoms with van der Waals surface area (Å²) >= 11 is 0. The number of hydrogen-bond donors (Lipinski definition) is 1. The van der Waals surface area contributed by atoms with Crippen LogP contribution in [0.15, 0.2) is 49.6 Å². The first-order valence-corrected chi connectivity index (χ1v) is 4.87. The van der Waals surface area contributed by atoms with E-state index < -0.39 is 0 Å². The topological polar surface area (TPSA) is 59.4 Å². The van der Waals surface area contributed by atoms with Crippen molar-refractivity contribution < 1.29 is 0 Å². The van der Waals surface area contributed by atoms with Crippen LogP contribution >= 0.6 is 0 Å². The van der Waals surface area contributed by atoms with Crippen molar-refractivity contribution >= 4 is 0 Å². The molecular weight excluding hydrogens is 202 g/mol. The molecule has 0 spiro atoms. The van der Waals surface area contributed by atoms with Crippen molar-refractivity contribution in [1.82, 2.24) is 24.5 Å². The smallest absolute Gasteiger partial charge is 0.112 e. The molecule has 0 saturated carbocycles. The number of aromatic nitrogens is 5. The van der Waals surface area contributed by atoms with Gasteiger partial charge < -0.3 is 9.55 Å². The van der Waals surface area contributed by atoms with Crippen LogP contribution in [0.5, 0.6) is 0 Å². The molecule has 5 heteroatoms. The summed E-state index contributed by atoms with van der Waals surface area (Å²) in [4.78, 5) is 15.4. The van der Waals surface area contributed by atoms with Crippen molar-refractivity contribution in [2.45, 2.75) is 0 Å². The van der Waals surface area contributed by atoms with Crippen molar-refractivity contribution in [2.24, 2.45) is 0 Å². The van der Waals surface area contributed by atoms with Crippen molar-refractivity contribution in [3.63, 3.8) is 0 Å². The lowest BCUT2D eigenvalue weighted by Gasteiger charge is -2.06. The zero-order chi connectivity index (χ0) is 10.8. The number of hydrogen-bond acceptors (Lipinski definition) is 3. The Morgan fingerprint density at radius 1 is 1.19 bits per heavy atom. The minimum absolute atomic E-state index is 0.859. The predicted octanol–water partition coefficient (Wildman–Crippen LogP) is 1.66. The molecule has 0 fully saturated rings. The second-order valence-electron chi connectivity index (χ2n) is 3.31. The Morgan fingerprint density at radius 3 is 2.94 bits per heavy atom. The zero-order valence-electron chi connectivity index (χ0n) is 8.41. The van der Waals surface area contributed by atoms with Gasteiger partial charge in [0.05, 0.1) is 30.2 Å². The van der Waals surface area contributed by atoms with E-state index in [0.717, 1.165) is 17.1 Å². The van der Waals surface area contributed by atoms with Gasteiger partial charge in [0.1, 0.15) is 5.69 Å². The third-order valence-electron chi connectivity index (χ3n) is 2.32. The molecule has 0 aromatic carbocycles. The first-order valence-electron chi connectivity index (χ1n) is 4.87. The van der Waals surface area contributed by atoms with Crippen molar-refractivity contribution in [1.29, 1.82) is 0 Å². The largest absolute Gasteiger partial charge is 0.343 e. The van der Waals surface area contributed by atoms with Gasteiger partial charge >= 0.3 is 0 Å². The molecule has 0 saturated heterocycles. The highest BCUT2D eigenvalue weighted by molar-refractivity contribution is 5.64. The third-order valence-corrected chi connectivity index (χ3v) is 2.32. The molecular formula is C11H9N5. The summed E-state index contributed by atoms with van der Waals surface area (Å²) in [5.41, 5.74) is 2.73. The van der Waals surface area contributed by atoms with Crippen molar-refractivity contribution in [3.05, 3.63) is 49.6 Å². The molecule has 0 amide bonds. The summed E-state index contributed by atoms with van der Waals surface area (Å²) in [6, 6.07) is 3.89. The lowest BCUT2D eigenvalue weighted by atomic mass is 10.2. The van der Waals surface area contributed by atoms with Gasteiger partial charge in [-0.05, 0) is 12.1 Å². The van der Waals surface area contributed by atoms with E-state index in [9.17, 15) is 0 Å². The Balaban J connectivity index is 2.19. The van der Waals surface area contributed by atoms with Crippen molar-refractivity contribution in [3.8, 4) is 17.1 Å². The molecule has 3 heterocycles. The summed E-state index contributed by atoms with van der Waals surface area (Å²) in [5.74, 6) is 0. The van der Waals surface area contributed by atoms with Crippen molar-refractivity contribution in [2.75, 3.05) is 0 Å². The standard InChI is InChI=1S/C11H9N5/c1-2-10(16-5-4-12-8-16)11(14-3-1)9-6-13-7-15-9/h1-8H,(H,13,15). The number of pyridine rings is 1. The monoisotopic (exact) mass is 211 g/mol. The number of aromatic amines is 1. The van der Waals surface area contributed by atoms with Gasteiger partial charge in [-0.1, -0.05) is 0 Å². The molecule has 3 aromatic rings. The van der Waals surface area contributed by atoms with Gasteiger partial charge in [-0.25, -0.2) is 9.97 Å². The zero-order valence-corrected chi connectivity index (χ0v) is 8.41. The predicted molar refractivity (Wildman–Crippen MR) is 58.9 cm³/mol. The van der Waals surface area contributed by atoms with Crippen LogP contribution in [0.4, 0.5) is 0 Å². The van der Waals surface area contributed by atoms with Gasteiger partial charge in [0, 0.05) is 18.6 Å². The fourth-order valence-corrected chi connectivity index (χ4v) is 1.60. The normalized spacial score (nSPS) is 10.5. The summed E-state index contributed by atoms with van der Waals surface area (Å²) in [5, 5.41) is 0. The molecule has 0 atom stereocenters. The van der Waals surface area contributed by atoms with Crippen LogP contribution in [0.1, 0.15) is 0 Å². The van der Waals surface area contributed by atoms with Crippen LogP contribution in [0, 0.1) is 0 Å². The van der Waals surface area contributed by atoms with Gasteiger partial charge in [0.25, 0.3) is 0 Å². The fourth-order valence-electron chi connectivity index (χ4n) is 1.60. The van der Waals surface area contributed by atoms with Crippen LogP contribution in [0.2, 0.25) is 0 Å². The van der Waals surface area contributed by atoms with E-state index in [-0.39, 0.29) is 0 Å². The van der Waals surface area contributed by atoms with E-state index in [1.807, 2.05) is 22.9 Å². The molecule has 0 bridgehead atoms. The Labute approximate surface area is 91.8 Å². The highest BCUT2D eigenvalue weighted by Gasteiger charge is 2.08. The fraction of sp³-hybridized carbons (Fsp3) is 0. The van der Waals surface area contributed by atoms with Crippen LogP contribution in [-0.2, 0) is 0 Å². The maximum Gasteiger partial charge on any atom is 0.112 e. The number of H-pyrrole nitrogens is 1. The third kappa shape index (κ3) is 1.38. The molecule has 0 radical (unpaired) electrons. The second-order valence-corrected chi connectivity index (χ2v) is 3.31. The molecule has 0 unspecified atom stereocenters. The minimum atomic E-state index is 0.859. The highest BCUT2D eigenvalue weighted by atomic mass is 15.0. The first kappa shape index (κ1) is 8.84. The van der Waals surface area contributed by atoms with Crippen LogP contribution in [0.3, 0.4) is 0 Å². The van der Waals surface area contributed by atoms with Crippen LogP contribution < -0.4 is 0 Å². The van der Waals surface area contributed by atoms with E-state index in [1.165, 1.54) is 0 Å². The SMILES string of the molecule is c1cnc(-c2cnc[nH]2)c(-n2ccnc2)c1. The lowest BCUT2D eigenvalue weighted by Crippen LogP contribution is -1.96.